The third-order valence-corrected chi connectivity index (χ3v) is 10.1. The molecule has 7 aromatic carbocycles. The molecular formula is C44H30N3O+. The van der Waals surface area contributed by atoms with E-state index in [-0.39, 0.29) is 0 Å². The molecule has 10 rings (SSSR count). The van der Waals surface area contributed by atoms with E-state index in [1.807, 2.05) is 12.1 Å². The first-order valence-corrected chi connectivity index (χ1v) is 16.3. The van der Waals surface area contributed by atoms with E-state index in [4.69, 9.17) is 9.40 Å². The molecule has 9 aromatic rings. The lowest BCUT2D eigenvalue weighted by molar-refractivity contribution is 0.613. The summed E-state index contributed by atoms with van der Waals surface area (Å²) in [6, 6.07) is 58.1. The van der Waals surface area contributed by atoms with Gasteiger partial charge in [-0.05, 0) is 59.7 Å². The highest BCUT2D eigenvalue weighted by atomic mass is 16.3. The van der Waals surface area contributed by atoms with Crippen LogP contribution in [0.4, 0.5) is 17.1 Å². The van der Waals surface area contributed by atoms with Crippen molar-refractivity contribution in [3.05, 3.63) is 164 Å². The molecule has 1 aliphatic heterocycles. The molecule has 0 aliphatic carbocycles. The fourth-order valence-corrected chi connectivity index (χ4v) is 7.81. The Labute approximate surface area is 278 Å². The molecule has 0 bridgehead atoms. The van der Waals surface area contributed by atoms with E-state index in [1.54, 1.807) is 0 Å². The SMILES string of the molecule is C[N+]1(c2cccc3c2oc2c(-c4nc5ccccc5n4-c4ccccc4)cccc23)c2ccccc2-c2cc(-c3ccccc3)ccc21. The van der Waals surface area contributed by atoms with E-state index in [0.717, 1.165) is 55.7 Å². The van der Waals surface area contributed by atoms with Crippen molar-refractivity contribution >= 4 is 50.0 Å². The Morgan fingerprint density at radius 2 is 1.15 bits per heavy atom. The molecule has 1 aliphatic rings. The summed E-state index contributed by atoms with van der Waals surface area (Å²) in [7, 11) is 2.30. The summed E-state index contributed by atoms with van der Waals surface area (Å²) >= 11 is 0. The highest BCUT2D eigenvalue weighted by molar-refractivity contribution is 6.14. The Bertz CT molecular complexity index is 2690. The van der Waals surface area contributed by atoms with Crippen LogP contribution in [-0.2, 0) is 0 Å². The maximum absolute atomic E-state index is 7.09. The molecule has 2 aromatic heterocycles. The molecule has 0 fully saturated rings. The largest absolute Gasteiger partial charge is 0.449 e. The van der Waals surface area contributed by atoms with Gasteiger partial charge in [0.25, 0.3) is 0 Å². The molecule has 4 heteroatoms. The van der Waals surface area contributed by atoms with Crippen LogP contribution in [0.15, 0.2) is 168 Å². The molecule has 48 heavy (non-hydrogen) atoms. The van der Waals surface area contributed by atoms with Crippen LogP contribution in [0.5, 0.6) is 0 Å². The lowest BCUT2D eigenvalue weighted by atomic mass is 9.99. The molecule has 0 amide bonds. The topological polar surface area (TPSA) is 31.0 Å². The number of hydrogen-bond donors (Lipinski definition) is 0. The minimum absolute atomic E-state index is 0.510. The number of hydrogen-bond acceptors (Lipinski definition) is 2. The number of furan rings is 1. The summed E-state index contributed by atoms with van der Waals surface area (Å²) in [5, 5.41) is 2.17. The van der Waals surface area contributed by atoms with Crippen LogP contribution >= 0.6 is 0 Å². The normalized spacial score (nSPS) is 15.3. The maximum atomic E-state index is 7.09. The van der Waals surface area contributed by atoms with Crippen molar-refractivity contribution in [3.8, 4) is 39.3 Å². The standard InChI is InChI=1S/C44H30N3O/c1-47(39-24-11-8-18-32(39)36-28-30(26-27-40(36)47)29-14-4-2-5-15-29)41-25-13-20-34-33-19-12-21-35(42(33)48-43(34)41)44-45-37-22-9-10-23-38(37)46(44)31-16-6-3-7-17-31/h2-28H,1H3/q+1. The van der Waals surface area contributed by atoms with Crippen LogP contribution < -0.4 is 4.48 Å². The highest BCUT2D eigenvalue weighted by Crippen LogP contribution is 2.58. The van der Waals surface area contributed by atoms with Gasteiger partial charge in [0.1, 0.15) is 11.4 Å². The van der Waals surface area contributed by atoms with Crippen molar-refractivity contribution in [1.29, 1.82) is 0 Å². The predicted molar refractivity (Wildman–Crippen MR) is 198 cm³/mol. The van der Waals surface area contributed by atoms with Gasteiger partial charge in [-0.25, -0.2) is 9.47 Å². The first-order valence-electron chi connectivity index (χ1n) is 16.3. The lowest BCUT2D eigenvalue weighted by Gasteiger charge is -2.30. The Hall–Kier alpha value is -6.23. The van der Waals surface area contributed by atoms with Crippen molar-refractivity contribution in [2.24, 2.45) is 0 Å². The number of imidazole rings is 1. The summed E-state index contributed by atoms with van der Waals surface area (Å²) in [6.45, 7) is 0. The number of aromatic nitrogens is 2. The fourth-order valence-electron chi connectivity index (χ4n) is 7.81. The molecule has 0 saturated heterocycles. The van der Waals surface area contributed by atoms with Gasteiger partial charge in [-0.2, -0.15) is 0 Å². The van der Waals surface area contributed by atoms with Gasteiger partial charge in [-0.3, -0.25) is 4.57 Å². The van der Waals surface area contributed by atoms with E-state index in [1.165, 1.54) is 33.6 Å². The Balaban J connectivity index is 1.22. The molecular weight excluding hydrogens is 587 g/mol. The maximum Gasteiger partial charge on any atom is 0.196 e. The van der Waals surface area contributed by atoms with Gasteiger partial charge in [-0.1, -0.05) is 97.1 Å². The third-order valence-electron chi connectivity index (χ3n) is 10.1. The van der Waals surface area contributed by atoms with E-state index in [2.05, 4.69) is 163 Å². The fraction of sp³-hybridized carbons (Fsp3) is 0.0227. The minimum atomic E-state index is 0.510. The van der Waals surface area contributed by atoms with Gasteiger partial charge >= 0.3 is 0 Å². The van der Waals surface area contributed by atoms with Crippen molar-refractivity contribution in [3.63, 3.8) is 0 Å². The van der Waals surface area contributed by atoms with Crippen molar-refractivity contribution < 1.29 is 4.42 Å². The van der Waals surface area contributed by atoms with Gasteiger partial charge in [0, 0.05) is 40.2 Å². The summed E-state index contributed by atoms with van der Waals surface area (Å²) in [5.74, 6) is 0.860. The van der Waals surface area contributed by atoms with E-state index in [9.17, 15) is 0 Å². The molecule has 0 saturated carbocycles. The zero-order valence-electron chi connectivity index (χ0n) is 26.3. The van der Waals surface area contributed by atoms with Gasteiger partial charge in [-0.15, -0.1) is 0 Å². The van der Waals surface area contributed by atoms with Crippen LogP contribution in [0, 0.1) is 0 Å². The number of quaternary nitrogens is 1. The van der Waals surface area contributed by atoms with Crippen LogP contribution in [0.2, 0.25) is 0 Å². The first kappa shape index (κ1) is 26.9. The molecule has 0 spiro atoms. The second-order valence-corrected chi connectivity index (χ2v) is 12.7. The number of rotatable bonds is 4. The number of fused-ring (bicyclic) bond motifs is 7. The quantitative estimate of drug-likeness (QED) is 0.184. The molecule has 1 atom stereocenters. The Morgan fingerprint density at radius 3 is 2.00 bits per heavy atom. The lowest BCUT2D eigenvalue weighted by Crippen LogP contribution is -2.31. The number of nitrogens with zero attached hydrogens (tertiary/aromatic N) is 3. The average molecular weight is 617 g/mol. The smallest absolute Gasteiger partial charge is 0.196 e. The summed E-state index contributed by atoms with van der Waals surface area (Å²) in [5.41, 5.74) is 14.3. The second-order valence-electron chi connectivity index (χ2n) is 12.7. The Morgan fingerprint density at radius 1 is 0.500 bits per heavy atom. The highest BCUT2D eigenvalue weighted by Gasteiger charge is 2.44. The molecule has 3 heterocycles. The summed E-state index contributed by atoms with van der Waals surface area (Å²) in [6.07, 6.45) is 0. The zero-order valence-corrected chi connectivity index (χ0v) is 26.3. The van der Waals surface area contributed by atoms with E-state index in [0.29, 0.717) is 4.48 Å². The molecule has 0 radical (unpaired) electrons. The molecule has 4 nitrogen and oxygen atoms in total. The van der Waals surface area contributed by atoms with Gasteiger partial charge < -0.3 is 4.42 Å². The van der Waals surface area contributed by atoms with Crippen LogP contribution in [0.1, 0.15) is 0 Å². The van der Waals surface area contributed by atoms with Crippen LogP contribution in [0.3, 0.4) is 0 Å². The van der Waals surface area contributed by atoms with Crippen LogP contribution in [0.25, 0.3) is 72.3 Å². The predicted octanol–water partition coefficient (Wildman–Crippen LogP) is 11.8. The zero-order chi connectivity index (χ0) is 31.8. The average Bonchev–Trinajstić information content (AvgIpc) is 3.81. The van der Waals surface area contributed by atoms with Crippen molar-refractivity contribution in [2.75, 3.05) is 7.05 Å². The Kier molecular flexibility index (Phi) is 5.69. The molecule has 1 unspecified atom stereocenters. The molecule has 0 N–H and O–H groups in total. The first-order chi connectivity index (χ1) is 23.7. The summed E-state index contributed by atoms with van der Waals surface area (Å²) < 4.78 is 9.84. The van der Waals surface area contributed by atoms with Gasteiger partial charge in [0.15, 0.2) is 22.6 Å². The summed E-state index contributed by atoms with van der Waals surface area (Å²) in [4.78, 5) is 5.18. The monoisotopic (exact) mass is 616 g/mol. The number of para-hydroxylation sites is 6. The van der Waals surface area contributed by atoms with Crippen molar-refractivity contribution in [1.82, 2.24) is 14.0 Å². The minimum Gasteiger partial charge on any atom is -0.449 e. The van der Waals surface area contributed by atoms with E-state index < -0.39 is 0 Å². The van der Waals surface area contributed by atoms with E-state index >= 15 is 0 Å². The third kappa shape index (κ3) is 3.72. The van der Waals surface area contributed by atoms with Crippen molar-refractivity contribution in [2.45, 2.75) is 0 Å². The number of benzene rings is 7. The van der Waals surface area contributed by atoms with Crippen LogP contribution in [-0.4, -0.2) is 16.6 Å². The van der Waals surface area contributed by atoms with Gasteiger partial charge in [0.05, 0.1) is 29.2 Å². The molecule has 226 valence electrons. The second kappa shape index (κ2) is 10.1. The van der Waals surface area contributed by atoms with Gasteiger partial charge in [0.2, 0.25) is 0 Å².